The topological polar surface area (TPSA) is 0 Å². The summed E-state index contributed by atoms with van der Waals surface area (Å²) >= 11 is 2.79. The van der Waals surface area contributed by atoms with E-state index in [9.17, 15) is 0 Å². The van der Waals surface area contributed by atoms with E-state index in [0.717, 1.165) is 22.4 Å². The van der Waals surface area contributed by atoms with Crippen LogP contribution in [0.1, 0.15) is 25.0 Å². The third-order valence-corrected chi connectivity index (χ3v) is 7.82. The first-order valence-corrected chi connectivity index (χ1v) is 22.7. The van der Waals surface area contributed by atoms with Crippen molar-refractivity contribution in [3.8, 4) is 20.9 Å². The van der Waals surface area contributed by atoms with Crippen LogP contribution in [0.5, 0.6) is 0 Å². The van der Waals surface area contributed by atoms with Gasteiger partial charge in [0, 0.05) is 19.3 Å². The van der Waals surface area contributed by atoms with Gasteiger partial charge in [0.2, 0.25) is 0 Å². The van der Waals surface area contributed by atoms with Crippen molar-refractivity contribution in [3.05, 3.63) is 107 Å². The van der Waals surface area contributed by atoms with Crippen LogP contribution < -0.4 is 0 Å². The van der Waals surface area contributed by atoms with E-state index in [4.69, 9.17) is 17.0 Å². The molecule has 0 aliphatic carbocycles. The molecule has 0 aliphatic heterocycles. The van der Waals surface area contributed by atoms with E-state index < -0.39 is 20.8 Å². The predicted molar refractivity (Wildman–Crippen MR) is 174 cm³/mol. The van der Waals surface area contributed by atoms with E-state index in [2.05, 4.69) is 123 Å². The Hall–Kier alpha value is -1.26. The van der Waals surface area contributed by atoms with Crippen LogP contribution in [-0.4, -0.2) is 9.52 Å². The van der Waals surface area contributed by atoms with Gasteiger partial charge in [-0.1, -0.05) is 62.3 Å². The predicted octanol–water partition coefficient (Wildman–Crippen LogP) is 11.9. The van der Waals surface area contributed by atoms with Crippen molar-refractivity contribution >= 4 is 70.8 Å². The average Bonchev–Trinajstić information content (AvgIpc) is 3.75. The number of halogens is 2. The summed E-state index contributed by atoms with van der Waals surface area (Å²) in [6, 6.07) is 31.0. The molecule has 0 spiro atoms. The number of rotatable bonds is 4. The summed E-state index contributed by atoms with van der Waals surface area (Å²) in [6.07, 6.45) is 2.22. The van der Waals surface area contributed by atoms with E-state index in [-0.39, 0.29) is 0 Å². The van der Waals surface area contributed by atoms with E-state index in [1.807, 2.05) is 22.7 Å². The van der Waals surface area contributed by atoms with Gasteiger partial charge < -0.3 is 0 Å². The third-order valence-electron chi connectivity index (χ3n) is 6.01. The summed E-state index contributed by atoms with van der Waals surface area (Å²) in [5.74, 6) is 0. The second kappa shape index (κ2) is 16.8. The number of fused-ring (bicyclic) bond motifs is 2. The van der Waals surface area contributed by atoms with Gasteiger partial charge in [-0.05, 0) is 35.7 Å². The second-order valence-corrected chi connectivity index (χ2v) is 15.2. The van der Waals surface area contributed by atoms with Gasteiger partial charge in [0.15, 0.2) is 0 Å². The Kier molecular flexibility index (Phi) is 13.8. The summed E-state index contributed by atoms with van der Waals surface area (Å²) in [5, 5.41) is 9.78. The van der Waals surface area contributed by atoms with Crippen molar-refractivity contribution in [2.24, 2.45) is 0 Å². The molecule has 38 heavy (non-hydrogen) atoms. The van der Waals surface area contributed by atoms with Gasteiger partial charge >= 0.3 is 37.9 Å². The quantitative estimate of drug-likeness (QED) is 0.129. The standard InChI is InChI=1S/2C15H13S.C2H6Si.2ClH.Zr/c2*1-2-11-9-12-5-3-6-13(14(12)10-11)15-7-4-8-16-15;1-3-2;;;/h2*3-10H,2H2,1H3;1-2H3;2*1H;/q2*-1;;;;+4/p-2. The normalized spacial score (nSPS) is 10.1. The van der Waals surface area contributed by atoms with Crippen LogP contribution in [0, 0.1) is 0 Å². The van der Waals surface area contributed by atoms with Crippen molar-refractivity contribution in [2.45, 2.75) is 39.8 Å². The minimum atomic E-state index is -0.826. The Balaban J connectivity index is 0.000000175. The van der Waals surface area contributed by atoms with Gasteiger partial charge in [0.05, 0.1) is 0 Å². The van der Waals surface area contributed by atoms with E-state index >= 15 is 0 Å². The van der Waals surface area contributed by atoms with Crippen LogP contribution in [0.4, 0.5) is 0 Å². The molecule has 2 aromatic heterocycles. The van der Waals surface area contributed by atoms with Gasteiger partial charge in [0.25, 0.3) is 0 Å². The summed E-state index contributed by atoms with van der Waals surface area (Å²) in [7, 11) is 11.0. The van der Waals surface area contributed by atoms with Crippen LogP contribution in [-0.2, 0) is 33.7 Å². The van der Waals surface area contributed by atoms with Gasteiger partial charge in [-0.15, -0.1) is 91.7 Å². The molecule has 0 saturated carbocycles. The van der Waals surface area contributed by atoms with Gasteiger partial charge in [-0.3, -0.25) is 0 Å². The molecule has 6 aromatic rings. The van der Waals surface area contributed by atoms with E-state index in [1.54, 1.807) is 0 Å². The van der Waals surface area contributed by atoms with Crippen LogP contribution in [0.15, 0.2) is 95.7 Å². The number of thiophene rings is 2. The summed E-state index contributed by atoms with van der Waals surface area (Å²) in [5.41, 5.74) is 5.59. The van der Waals surface area contributed by atoms with Gasteiger partial charge in [-0.25, -0.2) is 0 Å². The molecule has 2 radical (unpaired) electrons. The fourth-order valence-electron chi connectivity index (χ4n) is 4.30. The molecule has 0 fully saturated rings. The Bertz CT molecular complexity index is 1370. The Morgan fingerprint density at radius 2 is 1.08 bits per heavy atom. The monoisotopic (exact) mass is 668 g/mol. The Morgan fingerprint density at radius 1 is 0.684 bits per heavy atom. The molecule has 0 amide bonds. The number of hydrogen-bond donors (Lipinski definition) is 0. The van der Waals surface area contributed by atoms with Crippen molar-refractivity contribution in [1.82, 2.24) is 0 Å². The van der Waals surface area contributed by atoms with Crippen molar-refractivity contribution in [1.29, 1.82) is 0 Å². The maximum absolute atomic E-state index is 4.93. The van der Waals surface area contributed by atoms with Crippen LogP contribution >= 0.6 is 39.7 Å². The summed E-state index contributed by atoms with van der Waals surface area (Å²) in [6.45, 7) is 8.72. The molecule has 0 atom stereocenters. The van der Waals surface area contributed by atoms with Crippen molar-refractivity contribution in [2.75, 3.05) is 0 Å². The first-order valence-electron chi connectivity index (χ1n) is 12.6. The zero-order valence-corrected chi connectivity index (χ0v) is 28.8. The first-order chi connectivity index (χ1) is 18.6. The molecule has 0 bridgehead atoms. The molecule has 0 nitrogen and oxygen atoms in total. The van der Waals surface area contributed by atoms with E-state index in [0.29, 0.717) is 0 Å². The molecule has 0 unspecified atom stereocenters. The Labute approximate surface area is 256 Å². The van der Waals surface area contributed by atoms with E-state index in [1.165, 1.54) is 53.6 Å². The zero-order chi connectivity index (χ0) is 27.3. The van der Waals surface area contributed by atoms with Crippen molar-refractivity contribution < 1.29 is 20.8 Å². The first kappa shape index (κ1) is 31.3. The van der Waals surface area contributed by atoms with Gasteiger partial charge in [0.1, 0.15) is 0 Å². The third kappa shape index (κ3) is 8.37. The molecule has 194 valence electrons. The molecule has 6 heteroatoms. The zero-order valence-electron chi connectivity index (χ0n) is 22.2. The molecule has 0 N–H and O–H groups in total. The fourth-order valence-corrected chi connectivity index (χ4v) is 5.83. The molecule has 4 aromatic carbocycles. The summed E-state index contributed by atoms with van der Waals surface area (Å²) < 4.78 is 0. The fraction of sp³-hybridized carbons (Fsp3) is 0.188. The van der Waals surface area contributed by atoms with Crippen LogP contribution in [0.3, 0.4) is 0 Å². The van der Waals surface area contributed by atoms with Crippen LogP contribution in [0.25, 0.3) is 42.4 Å². The van der Waals surface area contributed by atoms with Crippen molar-refractivity contribution in [3.63, 3.8) is 0 Å². The Morgan fingerprint density at radius 3 is 1.39 bits per heavy atom. The molecule has 0 aliphatic rings. The minimum absolute atomic E-state index is 0.826. The maximum atomic E-state index is 4.93. The average molecular weight is 671 g/mol. The molecule has 2 heterocycles. The molecular formula is C32H32Cl2S2SiZr. The summed E-state index contributed by atoms with van der Waals surface area (Å²) in [4.78, 5) is 2.72. The van der Waals surface area contributed by atoms with Crippen LogP contribution in [0.2, 0.25) is 13.1 Å². The number of hydrogen-bond acceptors (Lipinski definition) is 2. The van der Waals surface area contributed by atoms with Gasteiger partial charge in [-0.2, -0.15) is 12.1 Å². The number of aryl methyl sites for hydroxylation is 2. The number of benzene rings is 2. The SMILES string of the molecule is CCc1cc2c(-c3cccs3)cccc2[cH-]1.CCc1cc2c(-c3cccs3)cccc2[cH-]1.C[Si]C.[Cl][Zr+2][Cl]. The molecule has 6 rings (SSSR count). The second-order valence-electron chi connectivity index (χ2n) is 8.58. The molecule has 0 saturated heterocycles. The molecular weight excluding hydrogens is 639 g/mol.